The number of nitrogens with one attached hydrogen (secondary N) is 2. The second-order valence-electron chi connectivity index (χ2n) is 7.68. The van der Waals surface area contributed by atoms with Crippen molar-refractivity contribution in [2.24, 2.45) is 0 Å². The number of nitrogens with zero attached hydrogens (tertiary/aromatic N) is 4. The minimum absolute atomic E-state index is 0.198. The second-order valence-corrected chi connectivity index (χ2v) is 7.68. The van der Waals surface area contributed by atoms with Crippen molar-refractivity contribution in [1.82, 2.24) is 9.97 Å². The minimum atomic E-state index is -4.72. The first kappa shape index (κ1) is 24.0. The van der Waals surface area contributed by atoms with E-state index in [9.17, 15) is 18.0 Å². The fraction of sp³-hybridized carbons (Fsp3) is 0.250. The third kappa shape index (κ3) is 6.04. The van der Waals surface area contributed by atoms with E-state index in [-0.39, 0.29) is 17.2 Å². The van der Waals surface area contributed by atoms with E-state index in [0.717, 1.165) is 36.6 Å². The molecule has 3 aromatic rings. The van der Waals surface area contributed by atoms with Crippen molar-refractivity contribution in [1.29, 1.82) is 5.26 Å². The Bertz CT molecular complexity index is 1240. The van der Waals surface area contributed by atoms with Crippen molar-refractivity contribution in [2.45, 2.75) is 12.6 Å². The monoisotopic (exact) mass is 482 g/mol. The van der Waals surface area contributed by atoms with Crippen LogP contribution in [0, 0.1) is 11.3 Å². The molecule has 35 heavy (non-hydrogen) atoms. The Morgan fingerprint density at radius 1 is 1.11 bits per heavy atom. The summed E-state index contributed by atoms with van der Waals surface area (Å²) in [7, 11) is 0. The molecule has 1 fully saturated rings. The van der Waals surface area contributed by atoms with Crippen molar-refractivity contribution < 1.29 is 22.7 Å². The molecule has 2 heterocycles. The van der Waals surface area contributed by atoms with Gasteiger partial charge in [-0.2, -0.15) is 18.4 Å². The number of halogens is 3. The van der Waals surface area contributed by atoms with Crippen molar-refractivity contribution in [3.8, 4) is 17.3 Å². The molecule has 1 aromatic heterocycles. The molecule has 1 aliphatic rings. The molecule has 0 radical (unpaired) electrons. The smallest absolute Gasteiger partial charge is 0.378 e. The first-order valence-electron chi connectivity index (χ1n) is 10.7. The lowest BCUT2D eigenvalue weighted by Crippen LogP contribution is -2.36. The Morgan fingerprint density at radius 2 is 1.86 bits per heavy atom. The molecule has 0 unspecified atom stereocenters. The van der Waals surface area contributed by atoms with Gasteiger partial charge in [0.1, 0.15) is 6.42 Å². The summed E-state index contributed by atoms with van der Waals surface area (Å²) in [6, 6.07) is 14.3. The summed E-state index contributed by atoms with van der Waals surface area (Å²) in [6.07, 6.45) is -3.82. The molecular weight excluding hydrogens is 461 g/mol. The number of carbonyl (C=O) groups excluding carboxylic acids is 1. The van der Waals surface area contributed by atoms with E-state index in [0.29, 0.717) is 13.2 Å². The zero-order valence-corrected chi connectivity index (χ0v) is 18.5. The first-order valence-corrected chi connectivity index (χ1v) is 10.7. The van der Waals surface area contributed by atoms with E-state index in [1.54, 1.807) is 6.07 Å². The van der Waals surface area contributed by atoms with Crippen LogP contribution in [0.25, 0.3) is 11.3 Å². The van der Waals surface area contributed by atoms with Crippen LogP contribution in [0.5, 0.6) is 0 Å². The number of carbonyl (C=O) groups is 1. The predicted octanol–water partition coefficient (Wildman–Crippen LogP) is 4.59. The number of hydrogen-bond acceptors (Lipinski definition) is 7. The Morgan fingerprint density at radius 3 is 2.54 bits per heavy atom. The highest BCUT2D eigenvalue weighted by molar-refractivity contribution is 5.93. The molecule has 2 aromatic carbocycles. The Kier molecular flexibility index (Phi) is 7.12. The summed E-state index contributed by atoms with van der Waals surface area (Å²) in [5.74, 6) is -0.597. The zero-order valence-electron chi connectivity index (χ0n) is 18.5. The predicted molar refractivity (Wildman–Crippen MR) is 124 cm³/mol. The van der Waals surface area contributed by atoms with Crippen LogP contribution in [0.3, 0.4) is 0 Å². The number of benzene rings is 2. The van der Waals surface area contributed by atoms with Gasteiger partial charge in [-0.1, -0.05) is 6.07 Å². The fourth-order valence-corrected chi connectivity index (χ4v) is 3.60. The molecule has 4 rings (SSSR count). The molecule has 0 saturated carbocycles. The SMILES string of the molecule is N#CCC(=O)Nc1ccc(-c2ccnc(Nc3ccc(N4CCOCC4)cc3)n2)cc1C(F)(F)F. The summed E-state index contributed by atoms with van der Waals surface area (Å²) < 4.78 is 46.3. The molecule has 0 bridgehead atoms. The topological polar surface area (TPSA) is 103 Å². The zero-order chi connectivity index (χ0) is 24.8. The van der Waals surface area contributed by atoms with Gasteiger partial charge < -0.3 is 20.3 Å². The van der Waals surface area contributed by atoms with E-state index >= 15 is 0 Å². The van der Waals surface area contributed by atoms with Crippen LogP contribution in [-0.4, -0.2) is 42.2 Å². The number of aromatic nitrogens is 2. The highest BCUT2D eigenvalue weighted by atomic mass is 19.4. The van der Waals surface area contributed by atoms with Crippen LogP contribution in [0.15, 0.2) is 54.7 Å². The molecule has 11 heteroatoms. The van der Waals surface area contributed by atoms with Gasteiger partial charge in [-0.3, -0.25) is 4.79 Å². The molecule has 1 saturated heterocycles. The van der Waals surface area contributed by atoms with Crippen molar-refractivity contribution in [3.63, 3.8) is 0 Å². The van der Waals surface area contributed by atoms with Crippen LogP contribution >= 0.6 is 0 Å². The molecule has 180 valence electrons. The van der Waals surface area contributed by atoms with E-state index in [2.05, 4.69) is 25.5 Å². The lowest BCUT2D eigenvalue weighted by Gasteiger charge is -2.28. The number of alkyl halides is 3. The van der Waals surface area contributed by atoms with E-state index in [4.69, 9.17) is 10.00 Å². The van der Waals surface area contributed by atoms with Gasteiger partial charge in [-0.25, -0.2) is 9.97 Å². The van der Waals surface area contributed by atoms with Crippen LogP contribution < -0.4 is 15.5 Å². The molecule has 1 amide bonds. The maximum atomic E-state index is 13.6. The summed E-state index contributed by atoms with van der Waals surface area (Å²) in [4.78, 5) is 22.4. The van der Waals surface area contributed by atoms with Gasteiger partial charge in [0, 0.05) is 36.2 Å². The van der Waals surface area contributed by atoms with Crippen molar-refractivity contribution in [3.05, 3.63) is 60.3 Å². The van der Waals surface area contributed by atoms with Gasteiger partial charge in [-0.05, 0) is 42.5 Å². The van der Waals surface area contributed by atoms with Crippen molar-refractivity contribution >= 4 is 28.9 Å². The largest absolute Gasteiger partial charge is 0.418 e. The van der Waals surface area contributed by atoms with Gasteiger partial charge in [0.25, 0.3) is 0 Å². The van der Waals surface area contributed by atoms with Gasteiger partial charge in [0.15, 0.2) is 0 Å². The molecule has 2 N–H and O–H groups in total. The fourth-order valence-electron chi connectivity index (χ4n) is 3.60. The maximum Gasteiger partial charge on any atom is 0.418 e. The molecule has 0 aliphatic carbocycles. The molecular formula is C24H21F3N6O2. The lowest BCUT2D eigenvalue weighted by atomic mass is 10.1. The second kappa shape index (κ2) is 10.4. The van der Waals surface area contributed by atoms with E-state index in [1.165, 1.54) is 18.3 Å². The summed E-state index contributed by atoms with van der Waals surface area (Å²) in [6.45, 7) is 3.01. The molecule has 0 spiro atoms. The van der Waals surface area contributed by atoms with Gasteiger partial charge in [-0.15, -0.1) is 0 Å². The first-order chi connectivity index (χ1) is 16.8. The normalized spacial score (nSPS) is 13.7. The van der Waals surface area contributed by atoms with Gasteiger partial charge in [0.2, 0.25) is 11.9 Å². The van der Waals surface area contributed by atoms with E-state index in [1.807, 2.05) is 24.3 Å². The standard InChI is InChI=1S/C24H21F3N6O2/c25-24(26,27)19-15-16(1-6-21(19)31-22(34)7-9-28)20-8-10-29-23(32-20)30-17-2-4-18(5-3-17)33-11-13-35-14-12-33/h1-6,8,10,15H,7,11-14H2,(H,31,34)(H,29,30,32). The average molecular weight is 482 g/mol. The van der Waals surface area contributed by atoms with Crippen LogP contribution in [-0.2, 0) is 15.7 Å². The average Bonchev–Trinajstić information content (AvgIpc) is 2.85. The number of ether oxygens (including phenoxy) is 1. The third-order valence-corrected chi connectivity index (χ3v) is 5.29. The minimum Gasteiger partial charge on any atom is -0.378 e. The highest BCUT2D eigenvalue weighted by Gasteiger charge is 2.34. The Hall–Kier alpha value is -4.17. The van der Waals surface area contributed by atoms with Crippen LogP contribution in [0.1, 0.15) is 12.0 Å². The Labute approximate surface area is 199 Å². The Balaban J connectivity index is 1.54. The van der Waals surface area contributed by atoms with E-state index < -0.39 is 29.8 Å². The van der Waals surface area contributed by atoms with Crippen molar-refractivity contribution in [2.75, 3.05) is 41.8 Å². The lowest BCUT2D eigenvalue weighted by molar-refractivity contribution is -0.136. The quantitative estimate of drug-likeness (QED) is 0.530. The molecule has 8 nitrogen and oxygen atoms in total. The number of amides is 1. The number of rotatable bonds is 6. The maximum absolute atomic E-state index is 13.6. The number of nitriles is 1. The summed E-state index contributed by atoms with van der Waals surface area (Å²) in [5.41, 5.74) is 0.805. The molecule has 0 atom stereocenters. The third-order valence-electron chi connectivity index (χ3n) is 5.29. The number of hydrogen-bond donors (Lipinski definition) is 2. The van der Waals surface area contributed by atoms with Gasteiger partial charge in [0.05, 0.1) is 36.2 Å². The number of anilines is 4. The van der Waals surface area contributed by atoms with Crippen LogP contribution in [0.4, 0.5) is 36.2 Å². The summed E-state index contributed by atoms with van der Waals surface area (Å²) in [5, 5.41) is 13.8. The van der Waals surface area contributed by atoms with Gasteiger partial charge >= 0.3 is 6.18 Å². The summed E-state index contributed by atoms with van der Waals surface area (Å²) >= 11 is 0. The number of morpholine rings is 1. The highest BCUT2D eigenvalue weighted by Crippen LogP contribution is 2.37. The molecule has 1 aliphatic heterocycles. The van der Waals surface area contributed by atoms with Crippen LogP contribution in [0.2, 0.25) is 0 Å².